The molecule has 1 aliphatic rings. The lowest BCUT2D eigenvalue weighted by molar-refractivity contribution is -0.117. The molecule has 1 fully saturated rings. The Morgan fingerprint density at radius 2 is 2.11 bits per heavy atom. The summed E-state index contributed by atoms with van der Waals surface area (Å²) in [7, 11) is 0. The smallest absolute Gasteiger partial charge is 0.316 e. The Balaban J connectivity index is 1.84. The third-order valence-electron chi connectivity index (χ3n) is 3.05. The summed E-state index contributed by atoms with van der Waals surface area (Å²) in [6, 6.07) is 0.698. The van der Waals surface area contributed by atoms with Crippen LogP contribution in [0.4, 0.5) is 0 Å². The first-order valence-corrected chi connectivity index (χ1v) is 6.71. The average molecular weight is 261 g/mol. The molecule has 0 saturated heterocycles. The number of carbonyl (C=O) groups is 1. The topological polar surface area (TPSA) is 64.1 Å². The lowest BCUT2D eigenvalue weighted by Gasteiger charge is -2.08. The van der Waals surface area contributed by atoms with Gasteiger partial charge < -0.3 is 10.1 Å². The predicted octanol–water partition coefficient (Wildman–Crippen LogP) is 1.95. The zero-order valence-electron chi connectivity index (χ0n) is 11.1. The van der Waals surface area contributed by atoms with E-state index in [2.05, 4.69) is 15.3 Å². The first-order chi connectivity index (χ1) is 9.28. The Kier molecular flexibility index (Phi) is 4.89. The highest BCUT2D eigenvalue weighted by atomic mass is 16.5. The van der Waals surface area contributed by atoms with E-state index in [0.29, 0.717) is 18.7 Å². The van der Waals surface area contributed by atoms with E-state index < -0.39 is 0 Å². The highest BCUT2D eigenvalue weighted by Gasteiger charge is 2.15. The van der Waals surface area contributed by atoms with Crippen LogP contribution in [0.5, 0.6) is 6.01 Å². The highest BCUT2D eigenvalue weighted by Crippen LogP contribution is 2.17. The van der Waals surface area contributed by atoms with E-state index in [1.54, 1.807) is 18.5 Å². The van der Waals surface area contributed by atoms with Crippen molar-refractivity contribution in [3.05, 3.63) is 24.0 Å². The van der Waals surface area contributed by atoms with Crippen LogP contribution in [0.15, 0.2) is 18.5 Å². The van der Waals surface area contributed by atoms with Gasteiger partial charge in [-0.25, -0.2) is 9.97 Å². The zero-order chi connectivity index (χ0) is 13.5. The van der Waals surface area contributed by atoms with Crippen molar-refractivity contribution in [1.29, 1.82) is 0 Å². The normalized spacial score (nSPS) is 15.8. The van der Waals surface area contributed by atoms with E-state index >= 15 is 0 Å². The summed E-state index contributed by atoms with van der Waals surface area (Å²) in [5.74, 6) is -0.0548. The molecule has 0 unspecified atom stereocenters. The molecule has 102 valence electrons. The minimum Gasteiger partial charge on any atom is -0.464 e. The summed E-state index contributed by atoms with van der Waals surface area (Å²) < 4.78 is 5.15. The van der Waals surface area contributed by atoms with Crippen molar-refractivity contribution in [1.82, 2.24) is 15.3 Å². The van der Waals surface area contributed by atoms with Gasteiger partial charge in [-0.1, -0.05) is 12.8 Å². The summed E-state index contributed by atoms with van der Waals surface area (Å²) in [6.07, 6.45) is 11.1. The number of ether oxygens (including phenoxy) is 1. The maximum atomic E-state index is 11.7. The Labute approximate surface area is 113 Å². The fourth-order valence-electron chi connectivity index (χ4n) is 2.11. The van der Waals surface area contributed by atoms with Crippen LogP contribution in [0.2, 0.25) is 0 Å². The number of nitrogens with zero attached hydrogens (tertiary/aromatic N) is 2. The molecule has 0 aliphatic heterocycles. The summed E-state index contributed by atoms with van der Waals surface area (Å²) in [6.45, 7) is 2.42. The zero-order valence-corrected chi connectivity index (χ0v) is 11.1. The van der Waals surface area contributed by atoms with Crippen LogP contribution < -0.4 is 10.1 Å². The minimum absolute atomic E-state index is 0.0548. The molecule has 0 radical (unpaired) electrons. The maximum absolute atomic E-state index is 11.7. The van der Waals surface area contributed by atoms with E-state index in [9.17, 15) is 4.79 Å². The van der Waals surface area contributed by atoms with E-state index in [4.69, 9.17) is 4.74 Å². The van der Waals surface area contributed by atoms with Gasteiger partial charge in [-0.05, 0) is 25.8 Å². The van der Waals surface area contributed by atoms with Gasteiger partial charge in [-0.15, -0.1) is 0 Å². The van der Waals surface area contributed by atoms with Crippen LogP contribution in [-0.4, -0.2) is 28.5 Å². The lowest BCUT2D eigenvalue weighted by Crippen LogP contribution is -2.30. The molecular weight excluding hydrogens is 242 g/mol. The molecule has 5 nitrogen and oxygen atoms in total. The Morgan fingerprint density at radius 3 is 2.74 bits per heavy atom. The molecule has 0 atom stereocenters. The fraction of sp³-hybridized carbons (Fsp3) is 0.500. The van der Waals surface area contributed by atoms with Gasteiger partial charge in [0.05, 0.1) is 6.61 Å². The van der Waals surface area contributed by atoms with E-state index in [1.165, 1.54) is 18.9 Å². The van der Waals surface area contributed by atoms with Gasteiger partial charge in [0.15, 0.2) is 0 Å². The van der Waals surface area contributed by atoms with Crippen LogP contribution in [0.3, 0.4) is 0 Å². The standard InChI is InChI=1S/C14H19N3O2/c1-2-19-14-15-9-11(10-16-14)7-8-13(18)17-12-5-3-4-6-12/h7-10,12H,2-6H2,1H3,(H,17,18)/b8-7+. The molecular formula is C14H19N3O2. The number of amides is 1. The Morgan fingerprint density at radius 1 is 1.42 bits per heavy atom. The summed E-state index contributed by atoms with van der Waals surface area (Å²) >= 11 is 0. The van der Waals surface area contributed by atoms with E-state index in [0.717, 1.165) is 18.4 Å². The number of nitrogens with one attached hydrogen (secondary N) is 1. The number of rotatable bonds is 5. The molecule has 0 spiro atoms. The lowest BCUT2D eigenvalue weighted by atomic mass is 10.2. The third-order valence-corrected chi connectivity index (χ3v) is 3.05. The first-order valence-electron chi connectivity index (χ1n) is 6.71. The molecule has 0 bridgehead atoms. The van der Waals surface area contributed by atoms with Crippen LogP contribution in [0.25, 0.3) is 6.08 Å². The van der Waals surface area contributed by atoms with Crippen LogP contribution in [0.1, 0.15) is 38.2 Å². The van der Waals surface area contributed by atoms with Gasteiger partial charge >= 0.3 is 6.01 Å². The number of hydrogen-bond donors (Lipinski definition) is 1. The predicted molar refractivity (Wildman–Crippen MR) is 72.6 cm³/mol. The molecule has 1 aliphatic carbocycles. The molecule has 2 rings (SSSR count). The fourth-order valence-corrected chi connectivity index (χ4v) is 2.11. The van der Waals surface area contributed by atoms with Gasteiger partial charge in [0.25, 0.3) is 0 Å². The minimum atomic E-state index is -0.0548. The van der Waals surface area contributed by atoms with Crippen molar-refractivity contribution < 1.29 is 9.53 Å². The summed E-state index contributed by atoms with van der Waals surface area (Å²) in [4.78, 5) is 19.7. The average Bonchev–Trinajstić information content (AvgIpc) is 2.91. The summed E-state index contributed by atoms with van der Waals surface area (Å²) in [5, 5.41) is 2.99. The molecule has 5 heteroatoms. The SMILES string of the molecule is CCOc1ncc(/C=C/C(=O)NC2CCCC2)cn1. The quantitative estimate of drug-likeness (QED) is 0.823. The second-order valence-corrected chi connectivity index (χ2v) is 4.56. The molecule has 0 aromatic carbocycles. The van der Waals surface area contributed by atoms with Crippen molar-refractivity contribution in [2.45, 2.75) is 38.6 Å². The molecule has 1 saturated carbocycles. The monoisotopic (exact) mass is 261 g/mol. The summed E-state index contributed by atoms with van der Waals surface area (Å²) in [5.41, 5.74) is 0.782. The Bertz CT molecular complexity index is 437. The van der Waals surface area contributed by atoms with Crippen molar-refractivity contribution in [2.75, 3.05) is 6.61 Å². The van der Waals surface area contributed by atoms with Crippen LogP contribution >= 0.6 is 0 Å². The highest BCUT2D eigenvalue weighted by molar-refractivity contribution is 5.91. The van der Waals surface area contributed by atoms with E-state index in [1.807, 2.05) is 6.92 Å². The molecule has 19 heavy (non-hydrogen) atoms. The van der Waals surface area contributed by atoms with Crippen molar-refractivity contribution in [2.24, 2.45) is 0 Å². The number of carbonyl (C=O) groups excluding carboxylic acids is 1. The molecule has 1 N–H and O–H groups in total. The number of hydrogen-bond acceptors (Lipinski definition) is 4. The first kappa shape index (κ1) is 13.5. The van der Waals surface area contributed by atoms with Crippen molar-refractivity contribution in [3.8, 4) is 6.01 Å². The molecule has 1 amide bonds. The van der Waals surface area contributed by atoms with Crippen molar-refractivity contribution in [3.63, 3.8) is 0 Å². The second-order valence-electron chi connectivity index (χ2n) is 4.56. The molecule has 1 aromatic heterocycles. The van der Waals surface area contributed by atoms with Gasteiger partial charge in [0.2, 0.25) is 5.91 Å². The van der Waals surface area contributed by atoms with Gasteiger partial charge in [-0.3, -0.25) is 4.79 Å². The van der Waals surface area contributed by atoms with Gasteiger partial charge in [0, 0.05) is 30.1 Å². The molecule has 1 aromatic rings. The third kappa shape index (κ3) is 4.35. The second kappa shape index (κ2) is 6.87. The molecule has 1 heterocycles. The maximum Gasteiger partial charge on any atom is 0.316 e. The van der Waals surface area contributed by atoms with Crippen molar-refractivity contribution >= 4 is 12.0 Å². The van der Waals surface area contributed by atoms with Crippen LogP contribution in [0, 0.1) is 0 Å². The van der Waals surface area contributed by atoms with Gasteiger partial charge in [-0.2, -0.15) is 0 Å². The van der Waals surface area contributed by atoms with E-state index in [-0.39, 0.29) is 5.91 Å². The van der Waals surface area contributed by atoms with Gasteiger partial charge in [0.1, 0.15) is 0 Å². The number of aromatic nitrogens is 2. The Hall–Kier alpha value is -1.91. The largest absolute Gasteiger partial charge is 0.464 e. The van der Waals surface area contributed by atoms with Crippen LogP contribution in [-0.2, 0) is 4.79 Å².